The van der Waals surface area contributed by atoms with E-state index in [1.54, 1.807) is 12.1 Å². The average Bonchev–Trinajstić information content (AvgIpc) is 2.30. The van der Waals surface area contributed by atoms with Gasteiger partial charge in [-0.05, 0) is 25.1 Å². The number of primary amides is 1. The summed E-state index contributed by atoms with van der Waals surface area (Å²) in [5, 5.41) is 9.06. The number of nitrogens with two attached hydrogens (primary N) is 1. The molecule has 0 aliphatic heterocycles. The highest BCUT2D eigenvalue weighted by molar-refractivity contribution is 6.33. The Morgan fingerprint density at radius 2 is 2.11 bits per heavy atom. The van der Waals surface area contributed by atoms with E-state index in [2.05, 4.69) is 0 Å². The Bertz CT molecular complexity index is 463. The summed E-state index contributed by atoms with van der Waals surface area (Å²) in [5.74, 6) is -1.41. The van der Waals surface area contributed by atoms with Crippen LogP contribution in [-0.2, 0) is 4.79 Å². The molecular formula is C12H15ClN2O3. The Morgan fingerprint density at radius 1 is 1.44 bits per heavy atom. The van der Waals surface area contributed by atoms with Crippen molar-refractivity contribution in [3.05, 3.63) is 28.8 Å². The van der Waals surface area contributed by atoms with Crippen molar-refractivity contribution in [3.8, 4) is 0 Å². The van der Waals surface area contributed by atoms with Crippen molar-refractivity contribution in [1.82, 2.24) is 0 Å². The third kappa shape index (κ3) is 3.63. The Kier molecular flexibility index (Phi) is 4.97. The van der Waals surface area contributed by atoms with Crippen molar-refractivity contribution < 1.29 is 14.7 Å². The van der Waals surface area contributed by atoms with Crippen LogP contribution >= 0.6 is 11.6 Å². The molecule has 0 aliphatic carbocycles. The molecule has 3 N–H and O–H groups in total. The molecular weight excluding hydrogens is 256 g/mol. The molecule has 1 amide bonds. The lowest BCUT2D eigenvalue weighted by Gasteiger charge is -2.23. The highest BCUT2D eigenvalue weighted by Gasteiger charge is 2.12. The van der Waals surface area contributed by atoms with E-state index in [4.69, 9.17) is 22.4 Å². The van der Waals surface area contributed by atoms with Crippen LogP contribution < -0.4 is 10.6 Å². The molecule has 0 radical (unpaired) electrons. The summed E-state index contributed by atoms with van der Waals surface area (Å²) in [5.41, 5.74) is 6.18. The molecule has 5 nitrogen and oxygen atoms in total. The second kappa shape index (κ2) is 6.26. The third-order valence-corrected chi connectivity index (χ3v) is 2.85. The van der Waals surface area contributed by atoms with Gasteiger partial charge in [0.2, 0.25) is 5.91 Å². The van der Waals surface area contributed by atoms with Crippen molar-refractivity contribution in [1.29, 1.82) is 0 Å². The van der Waals surface area contributed by atoms with Crippen LogP contribution in [-0.4, -0.2) is 30.1 Å². The Morgan fingerprint density at radius 3 is 2.56 bits per heavy atom. The summed E-state index contributed by atoms with van der Waals surface area (Å²) >= 11 is 6.07. The zero-order chi connectivity index (χ0) is 13.7. The maximum absolute atomic E-state index is 11.0. The summed E-state index contributed by atoms with van der Waals surface area (Å²) in [6.07, 6.45) is 0.0295. The van der Waals surface area contributed by atoms with E-state index in [-0.39, 0.29) is 6.42 Å². The van der Waals surface area contributed by atoms with Crippen molar-refractivity contribution in [2.24, 2.45) is 5.73 Å². The number of carbonyl (C=O) groups is 2. The van der Waals surface area contributed by atoms with Crippen molar-refractivity contribution in [2.75, 3.05) is 18.0 Å². The van der Waals surface area contributed by atoms with Gasteiger partial charge in [0.15, 0.2) is 0 Å². The minimum atomic E-state index is -0.863. The van der Waals surface area contributed by atoms with E-state index in [0.29, 0.717) is 29.4 Å². The average molecular weight is 271 g/mol. The second-order valence-electron chi connectivity index (χ2n) is 3.75. The quantitative estimate of drug-likeness (QED) is 0.825. The molecule has 1 rings (SSSR count). The standard InChI is InChI=1S/C12H15ClN2O3/c1-2-15(6-5-11(16)17)10-4-3-8(12(14)18)7-9(10)13/h3-4,7H,2,5-6H2,1H3,(H2,14,18)(H,16,17). The fourth-order valence-electron chi connectivity index (χ4n) is 1.60. The summed E-state index contributed by atoms with van der Waals surface area (Å²) in [6, 6.07) is 4.74. The number of hydrogen-bond donors (Lipinski definition) is 2. The van der Waals surface area contributed by atoms with Gasteiger partial charge < -0.3 is 15.7 Å². The molecule has 6 heteroatoms. The number of nitrogens with zero attached hydrogens (tertiary/aromatic N) is 1. The topological polar surface area (TPSA) is 83.6 Å². The van der Waals surface area contributed by atoms with Crippen LogP contribution in [0.5, 0.6) is 0 Å². The number of aliphatic carboxylic acids is 1. The first kappa shape index (κ1) is 14.3. The predicted molar refractivity (Wildman–Crippen MR) is 70.1 cm³/mol. The van der Waals surface area contributed by atoms with Crippen LogP contribution in [0.3, 0.4) is 0 Å². The van der Waals surface area contributed by atoms with Gasteiger partial charge in [-0.25, -0.2) is 0 Å². The second-order valence-corrected chi connectivity index (χ2v) is 4.16. The van der Waals surface area contributed by atoms with E-state index in [0.717, 1.165) is 0 Å². The number of hydrogen-bond acceptors (Lipinski definition) is 3. The molecule has 0 saturated carbocycles. The molecule has 0 saturated heterocycles. The van der Waals surface area contributed by atoms with Crippen molar-refractivity contribution >= 4 is 29.2 Å². The van der Waals surface area contributed by atoms with Crippen LogP contribution in [0.4, 0.5) is 5.69 Å². The zero-order valence-electron chi connectivity index (χ0n) is 10.0. The normalized spacial score (nSPS) is 10.1. The number of halogens is 1. The number of anilines is 1. The first-order valence-corrected chi connectivity index (χ1v) is 5.89. The lowest BCUT2D eigenvalue weighted by molar-refractivity contribution is -0.136. The molecule has 0 bridgehead atoms. The van der Waals surface area contributed by atoms with E-state index in [1.807, 2.05) is 11.8 Å². The minimum Gasteiger partial charge on any atom is -0.481 e. The maximum atomic E-state index is 11.0. The van der Waals surface area contributed by atoms with Crippen molar-refractivity contribution in [2.45, 2.75) is 13.3 Å². The van der Waals surface area contributed by atoms with Crippen LogP contribution in [0.2, 0.25) is 5.02 Å². The Hall–Kier alpha value is -1.75. The highest BCUT2D eigenvalue weighted by atomic mass is 35.5. The molecule has 1 aromatic rings. The van der Waals surface area contributed by atoms with Gasteiger partial charge in [-0.3, -0.25) is 9.59 Å². The molecule has 0 unspecified atom stereocenters. The molecule has 0 fully saturated rings. The maximum Gasteiger partial charge on any atom is 0.305 e. The lowest BCUT2D eigenvalue weighted by Crippen LogP contribution is -2.26. The SMILES string of the molecule is CCN(CCC(=O)O)c1ccc(C(N)=O)cc1Cl. The van der Waals surface area contributed by atoms with Gasteiger partial charge in [-0.1, -0.05) is 11.6 Å². The van der Waals surface area contributed by atoms with Crippen molar-refractivity contribution in [3.63, 3.8) is 0 Å². The molecule has 0 atom stereocenters. The fourth-order valence-corrected chi connectivity index (χ4v) is 1.90. The fraction of sp³-hybridized carbons (Fsp3) is 0.333. The minimum absolute atomic E-state index is 0.0295. The van der Waals surface area contributed by atoms with Gasteiger partial charge in [0.05, 0.1) is 17.1 Å². The number of carbonyl (C=O) groups excluding carboxylic acids is 1. The summed E-state index contributed by atoms with van der Waals surface area (Å²) in [7, 11) is 0. The zero-order valence-corrected chi connectivity index (χ0v) is 10.8. The Labute approximate surface area is 110 Å². The highest BCUT2D eigenvalue weighted by Crippen LogP contribution is 2.26. The smallest absolute Gasteiger partial charge is 0.305 e. The third-order valence-electron chi connectivity index (χ3n) is 2.55. The van der Waals surface area contributed by atoms with E-state index >= 15 is 0 Å². The summed E-state index contributed by atoms with van der Waals surface area (Å²) < 4.78 is 0. The van der Waals surface area contributed by atoms with Gasteiger partial charge in [0.1, 0.15) is 0 Å². The number of benzene rings is 1. The lowest BCUT2D eigenvalue weighted by atomic mass is 10.2. The van der Waals surface area contributed by atoms with Gasteiger partial charge >= 0.3 is 5.97 Å². The summed E-state index contributed by atoms with van der Waals surface area (Å²) in [4.78, 5) is 23.4. The molecule has 1 aromatic carbocycles. The van der Waals surface area contributed by atoms with E-state index in [9.17, 15) is 9.59 Å². The van der Waals surface area contributed by atoms with Crippen LogP contribution in [0.15, 0.2) is 18.2 Å². The molecule has 0 aliphatic rings. The molecule has 0 aromatic heterocycles. The first-order chi connectivity index (χ1) is 8.45. The predicted octanol–water partition coefficient (Wildman–Crippen LogP) is 1.74. The van der Waals surface area contributed by atoms with Gasteiger partial charge in [0, 0.05) is 18.7 Å². The van der Waals surface area contributed by atoms with Gasteiger partial charge in [-0.15, -0.1) is 0 Å². The number of carboxylic acid groups (broad SMARTS) is 1. The monoisotopic (exact) mass is 270 g/mol. The van der Waals surface area contributed by atoms with Gasteiger partial charge in [-0.2, -0.15) is 0 Å². The largest absolute Gasteiger partial charge is 0.481 e. The molecule has 98 valence electrons. The molecule has 0 heterocycles. The number of carboxylic acids is 1. The van der Waals surface area contributed by atoms with Crippen LogP contribution in [0, 0.1) is 0 Å². The Balaban J connectivity index is 2.92. The van der Waals surface area contributed by atoms with Crippen LogP contribution in [0.1, 0.15) is 23.7 Å². The molecule has 18 heavy (non-hydrogen) atoms. The van der Waals surface area contributed by atoms with Gasteiger partial charge in [0.25, 0.3) is 0 Å². The number of amides is 1. The summed E-state index contributed by atoms with van der Waals surface area (Å²) in [6.45, 7) is 2.89. The first-order valence-electron chi connectivity index (χ1n) is 5.51. The number of rotatable bonds is 6. The van der Waals surface area contributed by atoms with E-state index < -0.39 is 11.9 Å². The van der Waals surface area contributed by atoms with Crippen LogP contribution in [0.25, 0.3) is 0 Å². The molecule has 0 spiro atoms. The van der Waals surface area contributed by atoms with E-state index in [1.165, 1.54) is 6.07 Å².